The van der Waals surface area contributed by atoms with Gasteiger partial charge in [-0.15, -0.1) is 12.4 Å². The molecule has 0 saturated carbocycles. The van der Waals surface area contributed by atoms with Gasteiger partial charge in [-0.2, -0.15) is 0 Å². The molecule has 2 N–H and O–H groups in total. The van der Waals surface area contributed by atoms with Crippen LogP contribution in [0, 0.1) is 6.92 Å². The fourth-order valence-electron chi connectivity index (χ4n) is 2.40. The smallest absolute Gasteiger partial charge is 0.220 e. The highest BCUT2D eigenvalue weighted by Crippen LogP contribution is 2.12. The fourth-order valence-corrected chi connectivity index (χ4v) is 2.40. The molecule has 1 aromatic rings. The zero-order valence-electron chi connectivity index (χ0n) is 12.6. The summed E-state index contributed by atoms with van der Waals surface area (Å²) in [5, 5.41) is 6.36. The van der Waals surface area contributed by atoms with Gasteiger partial charge in [-0.3, -0.25) is 4.79 Å². The molecule has 5 heteroatoms. The first-order chi connectivity index (χ1) is 9.74. The van der Waals surface area contributed by atoms with Crippen LogP contribution in [0.4, 0.5) is 0 Å². The van der Waals surface area contributed by atoms with Crippen LogP contribution in [-0.4, -0.2) is 31.6 Å². The number of carbonyl (C=O) groups is 1. The van der Waals surface area contributed by atoms with E-state index in [9.17, 15) is 4.79 Å². The molecule has 1 unspecified atom stereocenters. The average Bonchev–Trinajstić information content (AvgIpc) is 2.45. The Bertz CT molecular complexity index is 434. The number of hydrogen-bond donors (Lipinski definition) is 2. The zero-order chi connectivity index (χ0) is 14.2. The number of aryl methyl sites for hydroxylation is 1. The second kappa shape index (κ2) is 9.64. The second-order valence-corrected chi connectivity index (χ2v) is 5.38. The van der Waals surface area contributed by atoms with Crippen molar-refractivity contribution in [3.05, 3.63) is 29.8 Å². The number of amides is 1. The van der Waals surface area contributed by atoms with Gasteiger partial charge in [-0.05, 0) is 50.4 Å². The van der Waals surface area contributed by atoms with Gasteiger partial charge in [0.15, 0.2) is 0 Å². The Labute approximate surface area is 133 Å². The van der Waals surface area contributed by atoms with Crippen LogP contribution in [0.15, 0.2) is 24.3 Å². The van der Waals surface area contributed by atoms with E-state index in [-0.39, 0.29) is 18.3 Å². The van der Waals surface area contributed by atoms with Gasteiger partial charge >= 0.3 is 0 Å². The Morgan fingerprint density at radius 2 is 2.33 bits per heavy atom. The maximum atomic E-state index is 11.8. The number of piperidine rings is 1. The highest BCUT2D eigenvalue weighted by Gasteiger charge is 2.14. The number of rotatable bonds is 6. The monoisotopic (exact) mass is 312 g/mol. The predicted molar refractivity (Wildman–Crippen MR) is 87.2 cm³/mol. The third-order valence-corrected chi connectivity index (χ3v) is 3.47. The van der Waals surface area contributed by atoms with Gasteiger partial charge in [-0.25, -0.2) is 0 Å². The van der Waals surface area contributed by atoms with Crippen LogP contribution in [-0.2, 0) is 4.79 Å². The Kier molecular flexibility index (Phi) is 8.16. The Morgan fingerprint density at radius 1 is 1.48 bits per heavy atom. The molecule has 1 aliphatic rings. The van der Waals surface area contributed by atoms with Gasteiger partial charge in [0.1, 0.15) is 5.75 Å². The van der Waals surface area contributed by atoms with E-state index in [4.69, 9.17) is 4.74 Å². The molecule has 4 nitrogen and oxygen atoms in total. The molecule has 2 rings (SSSR count). The minimum Gasteiger partial charge on any atom is -0.494 e. The van der Waals surface area contributed by atoms with Gasteiger partial charge in [0.05, 0.1) is 6.61 Å². The quantitative estimate of drug-likeness (QED) is 0.793. The second-order valence-electron chi connectivity index (χ2n) is 5.38. The van der Waals surface area contributed by atoms with Crippen molar-refractivity contribution >= 4 is 18.3 Å². The first kappa shape index (κ1) is 17.8. The fraction of sp³-hybridized carbons (Fsp3) is 0.562. The number of nitrogens with one attached hydrogen (secondary N) is 2. The molecule has 21 heavy (non-hydrogen) atoms. The summed E-state index contributed by atoms with van der Waals surface area (Å²) in [7, 11) is 0. The van der Waals surface area contributed by atoms with Crippen LogP contribution in [0.5, 0.6) is 5.75 Å². The molecule has 1 heterocycles. The molecule has 1 amide bonds. The lowest BCUT2D eigenvalue weighted by Crippen LogP contribution is -2.45. The normalized spacial score (nSPS) is 17.7. The molecular weight excluding hydrogens is 288 g/mol. The molecule has 0 radical (unpaired) electrons. The SMILES string of the molecule is Cc1cccc(OCCCC(=O)NC2CCCNC2)c1.Cl. The molecule has 0 aromatic heterocycles. The summed E-state index contributed by atoms with van der Waals surface area (Å²) in [4.78, 5) is 11.8. The van der Waals surface area contributed by atoms with E-state index in [0.717, 1.165) is 38.1 Å². The van der Waals surface area contributed by atoms with E-state index >= 15 is 0 Å². The van der Waals surface area contributed by atoms with Crippen molar-refractivity contribution < 1.29 is 9.53 Å². The van der Waals surface area contributed by atoms with Crippen molar-refractivity contribution in [1.29, 1.82) is 0 Å². The van der Waals surface area contributed by atoms with E-state index in [2.05, 4.69) is 10.6 Å². The lowest BCUT2D eigenvalue weighted by molar-refractivity contribution is -0.122. The minimum absolute atomic E-state index is 0. The van der Waals surface area contributed by atoms with Gasteiger partial charge < -0.3 is 15.4 Å². The van der Waals surface area contributed by atoms with Crippen LogP contribution in [0.1, 0.15) is 31.2 Å². The highest BCUT2D eigenvalue weighted by atomic mass is 35.5. The van der Waals surface area contributed by atoms with E-state index in [1.165, 1.54) is 5.56 Å². The number of benzene rings is 1. The van der Waals surface area contributed by atoms with Gasteiger partial charge in [0.25, 0.3) is 0 Å². The number of hydrogen-bond acceptors (Lipinski definition) is 3. The summed E-state index contributed by atoms with van der Waals surface area (Å²) in [5.41, 5.74) is 1.19. The molecule has 118 valence electrons. The first-order valence-corrected chi connectivity index (χ1v) is 7.43. The molecule has 1 atom stereocenters. The van der Waals surface area contributed by atoms with Crippen molar-refractivity contribution in [2.24, 2.45) is 0 Å². The molecule has 1 aromatic carbocycles. The van der Waals surface area contributed by atoms with E-state index in [0.29, 0.717) is 19.1 Å². The minimum atomic E-state index is 0. The lowest BCUT2D eigenvalue weighted by Gasteiger charge is -2.23. The van der Waals surface area contributed by atoms with E-state index in [1.807, 2.05) is 31.2 Å². The first-order valence-electron chi connectivity index (χ1n) is 7.43. The average molecular weight is 313 g/mol. The van der Waals surface area contributed by atoms with Gasteiger partial charge in [-0.1, -0.05) is 12.1 Å². The topological polar surface area (TPSA) is 50.4 Å². The molecule has 0 spiro atoms. The van der Waals surface area contributed by atoms with Crippen molar-refractivity contribution in [3.63, 3.8) is 0 Å². The van der Waals surface area contributed by atoms with Crippen LogP contribution >= 0.6 is 12.4 Å². The van der Waals surface area contributed by atoms with Crippen molar-refractivity contribution in [3.8, 4) is 5.75 Å². The number of ether oxygens (including phenoxy) is 1. The Balaban J connectivity index is 0.00000220. The molecule has 0 aliphatic carbocycles. The summed E-state index contributed by atoms with van der Waals surface area (Å²) in [6.45, 7) is 4.58. The molecule has 1 aliphatic heterocycles. The third kappa shape index (κ3) is 6.82. The van der Waals surface area contributed by atoms with Gasteiger partial charge in [0, 0.05) is 19.0 Å². The summed E-state index contributed by atoms with van der Waals surface area (Å²) in [5.74, 6) is 1.01. The Hall–Kier alpha value is -1.26. The maximum absolute atomic E-state index is 11.8. The summed E-state index contributed by atoms with van der Waals surface area (Å²) < 4.78 is 5.63. The predicted octanol–water partition coefficient (Wildman–Crippen LogP) is 2.44. The highest BCUT2D eigenvalue weighted by molar-refractivity contribution is 5.85. The molecule has 1 fully saturated rings. The number of carbonyl (C=O) groups excluding carboxylic acids is 1. The standard InChI is InChI=1S/C16H24N2O2.ClH/c1-13-5-2-7-15(11-13)20-10-4-8-16(19)18-14-6-3-9-17-12-14;/h2,5,7,11,14,17H,3-4,6,8-10,12H2,1H3,(H,18,19);1H. The summed E-state index contributed by atoms with van der Waals surface area (Å²) in [6.07, 6.45) is 3.50. The third-order valence-electron chi connectivity index (χ3n) is 3.47. The maximum Gasteiger partial charge on any atom is 0.220 e. The molecule has 1 saturated heterocycles. The van der Waals surface area contributed by atoms with Crippen LogP contribution in [0.25, 0.3) is 0 Å². The van der Waals surface area contributed by atoms with Crippen LogP contribution in [0.3, 0.4) is 0 Å². The van der Waals surface area contributed by atoms with Crippen LogP contribution < -0.4 is 15.4 Å². The molecule has 0 bridgehead atoms. The van der Waals surface area contributed by atoms with Crippen LogP contribution in [0.2, 0.25) is 0 Å². The largest absolute Gasteiger partial charge is 0.494 e. The van der Waals surface area contributed by atoms with Crippen molar-refractivity contribution in [2.45, 2.75) is 38.6 Å². The summed E-state index contributed by atoms with van der Waals surface area (Å²) in [6, 6.07) is 8.27. The number of halogens is 1. The Morgan fingerprint density at radius 3 is 3.05 bits per heavy atom. The van der Waals surface area contributed by atoms with Gasteiger partial charge in [0.2, 0.25) is 5.91 Å². The van der Waals surface area contributed by atoms with Crippen molar-refractivity contribution in [1.82, 2.24) is 10.6 Å². The van der Waals surface area contributed by atoms with Crippen molar-refractivity contribution in [2.75, 3.05) is 19.7 Å². The van der Waals surface area contributed by atoms with E-state index in [1.54, 1.807) is 0 Å². The lowest BCUT2D eigenvalue weighted by atomic mass is 10.1. The zero-order valence-corrected chi connectivity index (χ0v) is 13.4. The van der Waals surface area contributed by atoms with E-state index < -0.39 is 0 Å². The molecular formula is C16H25ClN2O2. The summed E-state index contributed by atoms with van der Waals surface area (Å²) >= 11 is 0.